The van der Waals surface area contributed by atoms with Gasteiger partial charge < -0.3 is 15.5 Å². The van der Waals surface area contributed by atoms with Crippen LogP contribution >= 0.6 is 12.3 Å². The van der Waals surface area contributed by atoms with Gasteiger partial charge in [0.25, 0.3) is 5.91 Å². The van der Waals surface area contributed by atoms with Gasteiger partial charge in [0.15, 0.2) is 18.0 Å². The number of halogens is 1. The molecule has 0 radical (unpaired) electrons. The number of amides is 2. The molecule has 218 valence electrons. The van der Waals surface area contributed by atoms with Crippen molar-refractivity contribution in [2.75, 3.05) is 25.5 Å². The molecule has 2 aromatic heterocycles. The standard InChI is InChI=1S/C20H21FN6OS.C7H10N2O.C2H6/c1-11(12-7-8-12)25-20(28)14-10-27(29-21)19-18(14)26-16(9-24-19)17(22)13-5-3-4-6-15(13)23-2;8-5-7-1-3-9(6-10)4-2-7;1-2/h3-6,9-12,22-23H,7-8H2,1-2H3,(H,25,28);6-7H,1-4H2;1-2H3/t11-;;/m0../s1. The van der Waals surface area contributed by atoms with Crippen LogP contribution in [0.5, 0.6) is 0 Å². The fourth-order valence-electron chi connectivity index (χ4n) is 4.49. The van der Waals surface area contributed by atoms with E-state index < -0.39 is 0 Å². The average Bonchev–Trinajstić information content (AvgIpc) is 3.82. The smallest absolute Gasteiger partial charge is 0.255 e. The van der Waals surface area contributed by atoms with Crippen LogP contribution in [0.15, 0.2) is 36.7 Å². The van der Waals surface area contributed by atoms with Gasteiger partial charge in [-0.2, -0.15) is 5.26 Å². The van der Waals surface area contributed by atoms with E-state index in [0.29, 0.717) is 17.2 Å². The lowest BCUT2D eigenvalue weighted by atomic mass is 9.99. The molecule has 1 atom stereocenters. The van der Waals surface area contributed by atoms with Crippen LogP contribution in [0.1, 0.15) is 68.1 Å². The molecule has 1 aromatic carbocycles. The van der Waals surface area contributed by atoms with E-state index >= 15 is 0 Å². The first-order chi connectivity index (χ1) is 19.9. The Morgan fingerprint density at radius 1 is 1.22 bits per heavy atom. The number of aromatic nitrogens is 3. The van der Waals surface area contributed by atoms with Crippen molar-refractivity contribution in [3.8, 4) is 6.07 Å². The topological polar surface area (TPSA) is 140 Å². The van der Waals surface area contributed by atoms with Crippen molar-refractivity contribution in [2.24, 2.45) is 11.8 Å². The van der Waals surface area contributed by atoms with E-state index in [1.165, 1.54) is 16.4 Å². The van der Waals surface area contributed by atoms with Gasteiger partial charge in [-0.3, -0.25) is 15.0 Å². The molecule has 2 fully saturated rings. The molecule has 10 nitrogen and oxygen atoms in total. The van der Waals surface area contributed by atoms with E-state index in [0.717, 1.165) is 50.9 Å². The van der Waals surface area contributed by atoms with Crippen LogP contribution < -0.4 is 10.6 Å². The first kappa shape index (κ1) is 31.5. The Morgan fingerprint density at radius 2 is 1.90 bits per heavy atom. The number of piperidine rings is 1. The molecule has 2 aliphatic rings. The zero-order valence-electron chi connectivity index (χ0n) is 23.9. The lowest BCUT2D eigenvalue weighted by molar-refractivity contribution is -0.119. The first-order valence-corrected chi connectivity index (χ1v) is 14.5. The van der Waals surface area contributed by atoms with Crippen molar-refractivity contribution in [2.45, 2.75) is 52.5 Å². The summed E-state index contributed by atoms with van der Waals surface area (Å²) in [5.74, 6) is 0.364. The predicted molar refractivity (Wildman–Crippen MR) is 161 cm³/mol. The summed E-state index contributed by atoms with van der Waals surface area (Å²) in [7, 11) is 1.78. The number of hydrogen-bond acceptors (Lipinski definition) is 8. The maximum absolute atomic E-state index is 13.4. The molecule has 0 bridgehead atoms. The summed E-state index contributed by atoms with van der Waals surface area (Å²) in [4.78, 5) is 33.5. The monoisotopic (exact) mass is 580 g/mol. The molecule has 3 heterocycles. The number of nitrogens with one attached hydrogen (secondary N) is 3. The second-order valence-electron chi connectivity index (χ2n) is 9.68. The zero-order chi connectivity index (χ0) is 29.9. The minimum atomic E-state index is -0.309. The summed E-state index contributed by atoms with van der Waals surface area (Å²) in [6.45, 7) is 7.48. The number of para-hydroxylation sites is 1. The normalized spacial score (nSPS) is 15.4. The van der Waals surface area contributed by atoms with Gasteiger partial charge in [-0.05, 0) is 44.6 Å². The van der Waals surface area contributed by atoms with Crippen molar-refractivity contribution >= 4 is 47.2 Å². The summed E-state index contributed by atoms with van der Waals surface area (Å²) >= 11 is -0.0387. The Kier molecular flexibility index (Phi) is 11.6. The van der Waals surface area contributed by atoms with Crippen molar-refractivity contribution in [1.82, 2.24) is 24.2 Å². The Balaban J connectivity index is 0.000000324. The van der Waals surface area contributed by atoms with Crippen LogP contribution in [0.2, 0.25) is 0 Å². The number of nitrogens with zero attached hydrogens (tertiary/aromatic N) is 5. The highest BCUT2D eigenvalue weighted by Crippen LogP contribution is 2.33. The van der Waals surface area contributed by atoms with Crippen LogP contribution in [0.4, 0.5) is 9.57 Å². The van der Waals surface area contributed by atoms with Gasteiger partial charge in [0.2, 0.25) is 6.41 Å². The summed E-state index contributed by atoms with van der Waals surface area (Å²) in [5.41, 5.74) is 2.71. The van der Waals surface area contributed by atoms with E-state index in [2.05, 4.69) is 26.7 Å². The lowest BCUT2D eigenvalue weighted by Gasteiger charge is -2.24. The summed E-state index contributed by atoms with van der Waals surface area (Å²) < 4.78 is 14.6. The molecule has 12 heteroatoms. The quantitative estimate of drug-likeness (QED) is 0.246. The van der Waals surface area contributed by atoms with E-state index in [1.807, 2.05) is 45.0 Å². The van der Waals surface area contributed by atoms with Gasteiger partial charge >= 0.3 is 0 Å². The van der Waals surface area contributed by atoms with E-state index in [4.69, 9.17) is 10.7 Å². The minimum Gasteiger partial charge on any atom is -0.388 e. The highest BCUT2D eigenvalue weighted by Gasteiger charge is 2.30. The molecule has 1 aliphatic carbocycles. The van der Waals surface area contributed by atoms with Crippen LogP contribution in [0.25, 0.3) is 11.2 Å². The third-order valence-corrected chi connectivity index (χ3v) is 7.48. The van der Waals surface area contributed by atoms with E-state index in [1.54, 1.807) is 11.9 Å². The molecule has 5 rings (SSSR count). The molecule has 2 amide bonds. The number of likely N-dealkylation sites (tertiary alicyclic amines) is 1. The van der Waals surface area contributed by atoms with Crippen LogP contribution in [-0.2, 0) is 4.79 Å². The Morgan fingerprint density at radius 3 is 2.49 bits per heavy atom. The van der Waals surface area contributed by atoms with Crippen molar-refractivity contribution in [1.29, 1.82) is 10.7 Å². The van der Waals surface area contributed by atoms with Gasteiger partial charge in [0.05, 0.1) is 23.5 Å². The minimum absolute atomic E-state index is 0.0387. The van der Waals surface area contributed by atoms with Gasteiger partial charge in [-0.25, -0.2) is 13.9 Å². The van der Waals surface area contributed by atoms with Crippen LogP contribution in [0.3, 0.4) is 0 Å². The first-order valence-electron chi connectivity index (χ1n) is 13.8. The van der Waals surface area contributed by atoms with Gasteiger partial charge in [0.1, 0.15) is 11.2 Å². The maximum atomic E-state index is 13.4. The SMILES string of the molecule is CC.CNc1ccccc1C(=N)c1cnc2c(n1)c(C(=O)N[C@@H](C)C1CC1)cn2SF.N#CC1CCN(C=O)CC1. The number of carbonyl (C=O) groups excluding carboxylic acids is 2. The van der Waals surface area contributed by atoms with Crippen molar-refractivity contribution in [3.05, 3.63) is 53.5 Å². The molecule has 3 aromatic rings. The number of rotatable bonds is 8. The number of nitriles is 1. The lowest BCUT2D eigenvalue weighted by Crippen LogP contribution is -2.34. The van der Waals surface area contributed by atoms with Crippen molar-refractivity contribution in [3.63, 3.8) is 0 Å². The Labute approximate surface area is 244 Å². The second kappa shape index (κ2) is 15.1. The fraction of sp³-hybridized carbons (Fsp3) is 0.448. The molecule has 41 heavy (non-hydrogen) atoms. The highest BCUT2D eigenvalue weighted by atomic mass is 32.2. The summed E-state index contributed by atoms with van der Waals surface area (Å²) in [6.07, 6.45) is 7.58. The fourth-order valence-corrected chi connectivity index (χ4v) is 4.84. The van der Waals surface area contributed by atoms with Gasteiger partial charge in [-0.1, -0.05) is 32.0 Å². The largest absolute Gasteiger partial charge is 0.388 e. The number of anilines is 1. The molecule has 3 N–H and O–H groups in total. The zero-order valence-corrected chi connectivity index (χ0v) is 24.7. The van der Waals surface area contributed by atoms with Gasteiger partial charge in [0, 0.05) is 49.5 Å². The third-order valence-electron chi connectivity index (χ3n) is 7.05. The number of fused-ring (bicyclic) bond motifs is 1. The Bertz CT molecular complexity index is 1390. The van der Waals surface area contributed by atoms with Crippen LogP contribution in [0, 0.1) is 28.6 Å². The van der Waals surface area contributed by atoms with Gasteiger partial charge in [-0.15, -0.1) is 3.89 Å². The highest BCUT2D eigenvalue weighted by molar-refractivity contribution is 7.92. The third kappa shape index (κ3) is 7.82. The summed E-state index contributed by atoms with van der Waals surface area (Å²) in [6, 6.07) is 9.65. The molecule has 1 saturated heterocycles. The average molecular weight is 581 g/mol. The van der Waals surface area contributed by atoms with Crippen LogP contribution in [-0.4, -0.2) is 63.0 Å². The number of carbonyl (C=O) groups is 2. The van der Waals surface area contributed by atoms with E-state index in [-0.39, 0.29) is 52.6 Å². The molecular weight excluding hydrogens is 543 g/mol. The molecule has 1 aliphatic heterocycles. The number of hydrogen-bond donors (Lipinski definition) is 3. The van der Waals surface area contributed by atoms with Crippen molar-refractivity contribution < 1.29 is 13.5 Å². The van der Waals surface area contributed by atoms with E-state index in [9.17, 15) is 13.5 Å². The molecule has 0 unspecified atom stereocenters. The Hall–Kier alpha value is -3.98. The summed E-state index contributed by atoms with van der Waals surface area (Å²) in [5, 5.41) is 23.1. The molecular formula is C29H37FN8O2S. The number of benzene rings is 1. The second-order valence-corrected chi connectivity index (χ2v) is 10.2. The predicted octanol–water partition coefficient (Wildman–Crippen LogP) is 5.20. The maximum Gasteiger partial charge on any atom is 0.255 e. The molecule has 0 spiro atoms. The molecule has 1 saturated carbocycles.